The second kappa shape index (κ2) is 10.9. The summed E-state index contributed by atoms with van der Waals surface area (Å²) in [5, 5.41) is 3.37. The first-order valence-corrected chi connectivity index (χ1v) is 11.5. The number of methoxy groups -OCH3 is 1. The summed E-state index contributed by atoms with van der Waals surface area (Å²) in [6, 6.07) is 28.2. The highest BCUT2D eigenvalue weighted by Gasteiger charge is 2.30. The quantitative estimate of drug-likeness (QED) is 0.486. The lowest BCUT2D eigenvalue weighted by molar-refractivity contribution is -0.123. The Kier molecular flexibility index (Phi) is 7.44. The lowest BCUT2D eigenvalue weighted by Gasteiger charge is -2.35. The third kappa shape index (κ3) is 5.50. The van der Waals surface area contributed by atoms with Crippen LogP contribution in [0.2, 0.25) is 0 Å². The molecule has 32 heavy (non-hydrogen) atoms. The molecule has 1 amide bonds. The Morgan fingerprint density at radius 1 is 0.906 bits per heavy atom. The maximum atomic E-state index is 13.8. The molecule has 0 aliphatic heterocycles. The summed E-state index contributed by atoms with van der Waals surface area (Å²) in [5.41, 5.74) is 3.15. The Balaban J connectivity index is 1.71. The lowest BCUT2D eigenvalue weighted by Crippen LogP contribution is -2.45. The van der Waals surface area contributed by atoms with Gasteiger partial charge < -0.3 is 15.0 Å². The third-order valence-electron chi connectivity index (χ3n) is 6.23. The molecular formula is C28H32N2O2. The van der Waals surface area contributed by atoms with Crippen molar-refractivity contribution in [3.8, 4) is 5.75 Å². The summed E-state index contributed by atoms with van der Waals surface area (Å²) < 4.78 is 5.36. The van der Waals surface area contributed by atoms with Gasteiger partial charge in [-0.15, -0.1) is 0 Å². The van der Waals surface area contributed by atoms with Crippen molar-refractivity contribution in [1.29, 1.82) is 0 Å². The van der Waals surface area contributed by atoms with E-state index in [1.54, 1.807) is 7.11 Å². The van der Waals surface area contributed by atoms with E-state index in [-0.39, 0.29) is 11.9 Å². The molecule has 0 radical (unpaired) electrons. The van der Waals surface area contributed by atoms with Crippen LogP contribution < -0.4 is 15.0 Å². The maximum absolute atomic E-state index is 13.8. The summed E-state index contributed by atoms with van der Waals surface area (Å²) in [5.74, 6) is 0.844. The number of nitrogens with one attached hydrogen (secondary N) is 1. The van der Waals surface area contributed by atoms with Gasteiger partial charge >= 0.3 is 0 Å². The molecule has 1 fully saturated rings. The first-order valence-electron chi connectivity index (χ1n) is 11.5. The number of carbonyl (C=O) groups excluding carboxylic acids is 1. The largest absolute Gasteiger partial charge is 0.497 e. The lowest BCUT2D eigenvalue weighted by atomic mass is 9.94. The van der Waals surface area contributed by atoms with Crippen molar-refractivity contribution in [2.24, 2.45) is 0 Å². The molecule has 0 spiro atoms. The standard InChI is InChI=1S/C28H32N2O2/c1-32-26-19-17-23(18-20-26)27(28(31)29-24-13-7-3-8-14-24)30(25-15-9-4-10-16-25)21-22-11-5-2-6-12-22/h2,4-6,9-12,15-20,24,27H,3,7-8,13-14,21H2,1H3,(H,29,31)/t27-/m0/s1. The van der Waals surface area contributed by atoms with Crippen molar-refractivity contribution in [3.05, 3.63) is 96.1 Å². The Labute approximate surface area is 191 Å². The fraction of sp³-hybridized carbons (Fsp3) is 0.321. The molecule has 3 aromatic rings. The van der Waals surface area contributed by atoms with Crippen LogP contribution in [0.15, 0.2) is 84.9 Å². The molecule has 4 heteroatoms. The van der Waals surface area contributed by atoms with E-state index >= 15 is 0 Å². The van der Waals surface area contributed by atoms with Gasteiger partial charge in [-0.05, 0) is 48.2 Å². The average Bonchev–Trinajstić information content (AvgIpc) is 2.86. The normalized spacial score (nSPS) is 15.0. The van der Waals surface area contributed by atoms with Gasteiger partial charge in [0, 0.05) is 18.3 Å². The molecule has 1 aliphatic carbocycles. The van der Waals surface area contributed by atoms with Gasteiger partial charge in [-0.2, -0.15) is 0 Å². The highest BCUT2D eigenvalue weighted by Crippen LogP contribution is 2.31. The van der Waals surface area contributed by atoms with Gasteiger partial charge in [0.05, 0.1) is 7.11 Å². The summed E-state index contributed by atoms with van der Waals surface area (Å²) in [6.07, 6.45) is 5.75. The van der Waals surface area contributed by atoms with Gasteiger partial charge in [-0.25, -0.2) is 0 Å². The molecule has 0 aromatic heterocycles. The van der Waals surface area contributed by atoms with Crippen molar-refractivity contribution in [3.63, 3.8) is 0 Å². The molecule has 1 aliphatic rings. The number of para-hydroxylation sites is 1. The number of benzene rings is 3. The second-order valence-electron chi connectivity index (χ2n) is 8.47. The monoisotopic (exact) mass is 428 g/mol. The van der Waals surface area contributed by atoms with Gasteiger partial charge in [0.2, 0.25) is 5.91 Å². The van der Waals surface area contributed by atoms with Crippen LogP contribution in [-0.2, 0) is 11.3 Å². The fourth-order valence-corrected chi connectivity index (χ4v) is 4.52. The van der Waals surface area contributed by atoms with Crippen LogP contribution in [0.3, 0.4) is 0 Å². The summed E-state index contributed by atoms with van der Waals surface area (Å²) in [6.45, 7) is 0.639. The fourth-order valence-electron chi connectivity index (χ4n) is 4.52. The Bertz CT molecular complexity index is 967. The number of hydrogen-bond donors (Lipinski definition) is 1. The van der Waals surface area contributed by atoms with Gasteiger partial charge in [0.1, 0.15) is 11.8 Å². The summed E-state index contributed by atoms with van der Waals surface area (Å²) >= 11 is 0. The Morgan fingerprint density at radius 2 is 1.53 bits per heavy atom. The molecular weight excluding hydrogens is 396 g/mol. The predicted octanol–water partition coefficient (Wildman–Crippen LogP) is 5.89. The smallest absolute Gasteiger partial charge is 0.247 e. The van der Waals surface area contributed by atoms with E-state index in [0.717, 1.165) is 29.8 Å². The zero-order valence-electron chi connectivity index (χ0n) is 18.7. The molecule has 0 bridgehead atoms. The second-order valence-corrected chi connectivity index (χ2v) is 8.47. The van der Waals surface area contributed by atoms with Gasteiger partial charge in [0.25, 0.3) is 0 Å². The van der Waals surface area contributed by atoms with Crippen molar-refractivity contribution < 1.29 is 9.53 Å². The minimum absolute atomic E-state index is 0.0573. The number of rotatable bonds is 8. The van der Waals surface area contributed by atoms with Crippen LogP contribution in [0.5, 0.6) is 5.75 Å². The Morgan fingerprint density at radius 3 is 2.16 bits per heavy atom. The molecule has 1 saturated carbocycles. The number of anilines is 1. The van der Waals surface area contributed by atoms with Crippen LogP contribution in [0, 0.1) is 0 Å². The van der Waals surface area contributed by atoms with Crippen molar-refractivity contribution in [2.45, 2.75) is 50.7 Å². The molecule has 3 aromatic carbocycles. The van der Waals surface area contributed by atoms with Gasteiger partial charge in [-0.1, -0.05) is 79.9 Å². The summed E-state index contributed by atoms with van der Waals surface area (Å²) in [4.78, 5) is 16.0. The molecule has 1 N–H and O–H groups in total. The topological polar surface area (TPSA) is 41.6 Å². The average molecular weight is 429 g/mol. The molecule has 0 unspecified atom stereocenters. The highest BCUT2D eigenvalue weighted by molar-refractivity contribution is 5.87. The highest BCUT2D eigenvalue weighted by atomic mass is 16.5. The third-order valence-corrected chi connectivity index (χ3v) is 6.23. The van der Waals surface area contributed by atoms with E-state index in [4.69, 9.17) is 4.74 Å². The van der Waals surface area contributed by atoms with Crippen molar-refractivity contribution in [1.82, 2.24) is 5.32 Å². The van der Waals surface area contributed by atoms with E-state index in [2.05, 4.69) is 34.5 Å². The molecule has 0 saturated heterocycles. The number of carbonyl (C=O) groups is 1. The first kappa shape index (κ1) is 21.9. The molecule has 1 atom stereocenters. The van der Waals surface area contributed by atoms with Crippen molar-refractivity contribution in [2.75, 3.05) is 12.0 Å². The van der Waals surface area contributed by atoms with E-state index in [9.17, 15) is 4.79 Å². The molecule has 166 valence electrons. The maximum Gasteiger partial charge on any atom is 0.247 e. The van der Waals surface area contributed by atoms with E-state index in [0.29, 0.717) is 6.54 Å². The van der Waals surface area contributed by atoms with Gasteiger partial charge in [-0.3, -0.25) is 4.79 Å². The minimum Gasteiger partial charge on any atom is -0.497 e. The molecule has 4 nitrogen and oxygen atoms in total. The number of ether oxygens (including phenoxy) is 1. The molecule has 0 heterocycles. The van der Waals surface area contributed by atoms with Crippen molar-refractivity contribution >= 4 is 11.6 Å². The van der Waals surface area contributed by atoms with Crippen LogP contribution in [0.25, 0.3) is 0 Å². The van der Waals surface area contributed by atoms with E-state index in [1.165, 1.54) is 24.8 Å². The van der Waals surface area contributed by atoms with E-state index in [1.807, 2.05) is 60.7 Å². The van der Waals surface area contributed by atoms with Crippen LogP contribution in [-0.4, -0.2) is 19.1 Å². The zero-order valence-corrected chi connectivity index (χ0v) is 18.7. The van der Waals surface area contributed by atoms with Gasteiger partial charge in [0.15, 0.2) is 0 Å². The van der Waals surface area contributed by atoms with Crippen LogP contribution in [0.4, 0.5) is 5.69 Å². The minimum atomic E-state index is -0.439. The zero-order chi connectivity index (χ0) is 22.2. The van der Waals surface area contributed by atoms with Crippen LogP contribution >= 0.6 is 0 Å². The SMILES string of the molecule is COc1ccc([C@@H](C(=O)NC2CCCCC2)N(Cc2ccccc2)c2ccccc2)cc1. The Hall–Kier alpha value is -3.27. The van der Waals surface area contributed by atoms with E-state index < -0.39 is 6.04 Å². The number of amides is 1. The molecule has 4 rings (SSSR count). The number of nitrogens with zero attached hydrogens (tertiary/aromatic N) is 1. The first-order chi connectivity index (χ1) is 15.7. The predicted molar refractivity (Wildman–Crippen MR) is 130 cm³/mol. The summed E-state index contributed by atoms with van der Waals surface area (Å²) in [7, 11) is 1.66. The number of hydrogen-bond acceptors (Lipinski definition) is 3. The van der Waals surface area contributed by atoms with Crippen LogP contribution in [0.1, 0.15) is 49.3 Å².